The van der Waals surface area contributed by atoms with Crippen LogP contribution < -0.4 is 5.43 Å². The Bertz CT molecular complexity index is 398. The summed E-state index contributed by atoms with van der Waals surface area (Å²) in [5, 5.41) is 12.9. The molecule has 0 heterocycles. The van der Waals surface area contributed by atoms with Crippen LogP contribution in [0.1, 0.15) is 37.0 Å². The summed E-state index contributed by atoms with van der Waals surface area (Å²) in [4.78, 5) is 10.8. The van der Waals surface area contributed by atoms with E-state index in [9.17, 15) is 4.79 Å². The number of rotatable bonds is 6. The van der Waals surface area contributed by atoms with E-state index in [-0.39, 0.29) is 5.56 Å². The van der Waals surface area contributed by atoms with Gasteiger partial charge in [-0.05, 0) is 37.0 Å². The number of nitrogens with zero attached hydrogens (tertiary/aromatic N) is 1. The number of nitrogens with one attached hydrogen (secondary N) is 1. The van der Waals surface area contributed by atoms with Gasteiger partial charge in [0.25, 0.3) is 0 Å². The predicted molar refractivity (Wildman–Crippen MR) is 69.6 cm³/mol. The molecule has 0 aliphatic heterocycles. The van der Waals surface area contributed by atoms with Crippen LogP contribution in [0, 0.1) is 5.92 Å². The zero-order valence-electron chi connectivity index (χ0n) is 10.2. The monoisotopic (exact) mass is 234 g/mol. The third-order valence-corrected chi connectivity index (χ3v) is 2.64. The first-order valence-corrected chi connectivity index (χ1v) is 5.79. The molecule has 0 saturated carbocycles. The van der Waals surface area contributed by atoms with Crippen molar-refractivity contribution in [2.75, 3.05) is 5.43 Å². The van der Waals surface area contributed by atoms with E-state index in [2.05, 4.69) is 24.4 Å². The molecule has 0 amide bonds. The minimum atomic E-state index is -0.933. The summed E-state index contributed by atoms with van der Waals surface area (Å²) in [7, 11) is 0. The molecule has 0 saturated heterocycles. The van der Waals surface area contributed by atoms with E-state index < -0.39 is 5.97 Å². The van der Waals surface area contributed by atoms with Crippen LogP contribution in [0.3, 0.4) is 0 Å². The van der Waals surface area contributed by atoms with E-state index >= 15 is 0 Å². The summed E-state index contributed by atoms with van der Waals surface area (Å²) in [6, 6.07) is 6.60. The van der Waals surface area contributed by atoms with E-state index in [1.807, 2.05) is 6.21 Å². The van der Waals surface area contributed by atoms with Crippen molar-refractivity contribution < 1.29 is 9.90 Å². The van der Waals surface area contributed by atoms with Crippen LogP contribution in [-0.4, -0.2) is 17.3 Å². The molecule has 0 unspecified atom stereocenters. The summed E-state index contributed by atoms with van der Waals surface area (Å²) < 4.78 is 0. The second kappa shape index (κ2) is 6.68. The number of aromatic carboxylic acids is 1. The quantitative estimate of drug-likeness (QED) is 0.587. The fraction of sp³-hybridized carbons (Fsp3) is 0.385. The van der Waals surface area contributed by atoms with Gasteiger partial charge in [0.05, 0.1) is 11.3 Å². The molecule has 0 aliphatic rings. The van der Waals surface area contributed by atoms with Crippen molar-refractivity contribution in [3.8, 4) is 0 Å². The number of carboxylic acid groups (broad SMARTS) is 1. The van der Waals surface area contributed by atoms with Gasteiger partial charge in [-0.15, -0.1) is 0 Å². The van der Waals surface area contributed by atoms with Crippen LogP contribution in [0.4, 0.5) is 5.69 Å². The molecule has 2 N–H and O–H groups in total. The van der Waals surface area contributed by atoms with Crippen molar-refractivity contribution in [1.82, 2.24) is 0 Å². The predicted octanol–water partition coefficient (Wildman–Crippen LogP) is 3.22. The van der Waals surface area contributed by atoms with Gasteiger partial charge in [0.2, 0.25) is 0 Å². The van der Waals surface area contributed by atoms with Crippen molar-refractivity contribution in [2.45, 2.75) is 26.7 Å². The Balaban J connectivity index is 2.63. The first-order chi connectivity index (χ1) is 8.17. The summed E-state index contributed by atoms with van der Waals surface area (Å²) in [5.74, 6) is -0.470. The van der Waals surface area contributed by atoms with E-state index in [4.69, 9.17) is 5.11 Å². The highest BCUT2D eigenvalue weighted by atomic mass is 16.4. The molecule has 0 aliphatic carbocycles. The lowest BCUT2D eigenvalue weighted by Crippen LogP contribution is -2.01. The lowest BCUT2D eigenvalue weighted by molar-refractivity contribution is 0.0697. The van der Waals surface area contributed by atoms with Gasteiger partial charge >= 0.3 is 5.97 Å². The molecule has 0 atom stereocenters. The van der Waals surface area contributed by atoms with Gasteiger partial charge in [-0.25, -0.2) is 4.79 Å². The summed E-state index contributed by atoms with van der Waals surface area (Å²) in [6.07, 6.45) is 3.97. The van der Waals surface area contributed by atoms with Crippen molar-refractivity contribution in [3.05, 3.63) is 29.8 Å². The fourth-order valence-electron chi connectivity index (χ4n) is 1.44. The van der Waals surface area contributed by atoms with Crippen LogP contribution in [0.15, 0.2) is 29.4 Å². The number of hydrogen-bond acceptors (Lipinski definition) is 3. The summed E-state index contributed by atoms with van der Waals surface area (Å²) >= 11 is 0. The largest absolute Gasteiger partial charge is 0.478 e. The van der Waals surface area contributed by atoms with Crippen molar-refractivity contribution in [2.24, 2.45) is 11.0 Å². The van der Waals surface area contributed by atoms with E-state index in [1.54, 1.807) is 24.3 Å². The van der Waals surface area contributed by atoms with Crippen molar-refractivity contribution in [1.29, 1.82) is 0 Å². The van der Waals surface area contributed by atoms with Gasteiger partial charge in [0.15, 0.2) is 0 Å². The first-order valence-electron chi connectivity index (χ1n) is 5.79. The zero-order chi connectivity index (χ0) is 12.7. The van der Waals surface area contributed by atoms with Gasteiger partial charge in [0, 0.05) is 6.21 Å². The molecule has 1 aromatic carbocycles. The molecule has 0 fully saturated rings. The van der Waals surface area contributed by atoms with E-state index in [0.717, 1.165) is 12.8 Å². The Hall–Kier alpha value is -1.84. The molecule has 0 bridgehead atoms. The molecule has 1 rings (SSSR count). The maximum Gasteiger partial charge on any atom is 0.335 e. The maximum absolute atomic E-state index is 10.8. The average Bonchev–Trinajstić information content (AvgIpc) is 2.35. The Morgan fingerprint density at radius 3 is 2.76 bits per heavy atom. The van der Waals surface area contributed by atoms with Crippen molar-refractivity contribution >= 4 is 17.9 Å². The molecule has 1 aromatic rings. The number of hydrogen-bond donors (Lipinski definition) is 2. The number of carbonyl (C=O) groups is 1. The number of anilines is 1. The average molecular weight is 234 g/mol. The lowest BCUT2D eigenvalue weighted by atomic mass is 10.1. The molecule has 0 aromatic heterocycles. The van der Waals surface area contributed by atoms with Crippen LogP contribution in [0.25, 0.3) is 0 Å². The Kier molecular flexibility index (Phi) is 5.20. The highest BCUT2D eigenvalue weighted by Crippen LogP contribution is 2.11. The summed E-state index contributed by atoms with van der Waals surface area (Å²) in [6.45, 7) is 4.23. The highest BCUT2D eigenvalue weighted by Gasteiger charge is 2.02. The number of carboxylic acids is 1. The molecule has 4 nitrogen and oxygen atoms in total. The molecule has 92 valence electrons. The molecule has 0 spiro atoms. The van der Waals surface area contributed by atoms with Crippen molar-refractivity contribution in [3.63, 3.8) is 0 Å². The molecule has 17 heavy (non-hydrogen) atoms. The minimum Gasteiger partial charge on any atom is -0.478 e. The molecular weight excluding hydrogens is 216 g/mol. The molecule has 0 radical (unpaired) electrons. The number of hydrazone groups is 1. The smallest absolute Gasteiger partial charge is 0.335 e. The normalized spacial score (nSPS) is 11.0. The highest BCUT2D eigenvalue weighted by molar-refractivity contribution is 5.88. The van der Waals surface area contributed by atoms with Crippen LogP contribution in [0.2, 0.25) is 0 Å². The minimum absolute atomic E-state index is 0.257. The zero-order valence-corrected chi connectivity index (χ0v) is 10.2. The molecular formula is C13H18N2O2. The number of benzene rings is 1. The SMILES string of the molecule is CCC(/C=N/Nc1cccc(C(=O)O)c1)CC. The standard InChI is InChI=1S/C13H18N2O2/c1-3-10(4-2)9-14-15-12-7-5-6-11(8-12)13(16)17/h5-10,15H,3-4H2,1-2H3,(H,16,17)/b14-9+. The van der Waals surface area contributed by atoms with Crippen LogP contribution in [-0.2, 0) is 0 Å². The Morgan fingerprint density at radius 2 is 2.18 bits per heavy atom. The fourth-order valence-corrected chi connectivity index (χ4v) is 1.44. The third kappa shape index (κ3) is 4.26. The lowest BCUT2D eigenvalue weighted by Gasteiger charge is -2.05. The first kappa shape index (κ1) is 13.2. The van der Waals surface area contributed by atoms with E-state index in [0.29, 0.717) is 11.6 Å². The van der Waals surface area contributed by atoms with Gasteiger partial charge in [-0.1, -0.05) is 19.9 Å². The topological polar surface area (TPSA) is 61.7 Å². The van der Waals surface area contributed by atoms with E-state index in [1.165, 1.54) is 0 Å². The third-order valence-electron chi connectivity index (χ3n) is 2.64. The Morgan fingerprint density at radius 1 is 1.47 bits per heavy atom. The van der Waals surface area contributed by atoms with Gasteiger partial charge in [0.1, 0.15) is 0 Å². The second-order valence-electron chi connectivity index (χ2n) is 3.85. The Labute approximate surface area is 101 Å². The molecule has 4 heteroatoms. The van der Waals surface area contributed by atoms with Gasteiger partial charge < -0.3 is 5.11 Å². The second-order valence-corrected chi connectivity index (χ2v) is 3.85. The van der Waals surface area contributed by atoms with Gasteiger partial charge in [-0.2, -0.15) is 5.10 Å². The van der Waals surface area contributed by atoms with Crippen LogP contribution >= 0.6 is 0 Å². The van der Waals surface area contributed by atoms with Crippen LogP contribution in [0.5, 0.6) is 0 Å². The summed E-state index contributed by atoms with van der Waals surface area (Å²) in [5.41, 5.74) is 3.79. The maximum atomic E-state index is 10.8. The van der Waals surface area contributed by atoms with Gasteiger partial charge in [-0.3, -0.25) is 5.43 Å².